The maximum absolute atomic E-state index is 12.1. The Hall–Kier alpha value is -1.08. The lowest BCUT2D eigenvalue weighted by Crippen LogP contribution is -2.17. The van der Waals surface area contributed by atoms with Gasteiger partial charge in [0.1, 0.15) is 9.92 Å². The van der Waals surface area contributed by atoms with E-state index in [1.165, 1.54) is 24.3 Å². The van der Waals surface area contributed by atoms with Crippen molar-refractivity contribution < 1.29 is 17.4 Å². The molecule has 7 heteroatoms. The lowest BCUT2D eigenvalue weighted by molar-refractivity contribution is -0.127. The fourth-order valence-corrected chi connectivity index (χ4v) is 1.97. The Morgan fingerprint density at radius 2 is 1.87 bits per heavy atom. The third-order valence-electron chi connectivity index (χ3n) is 1.69. The fourth-order valence-electron chi connectivity index (χ4n) is 1.16. The molecular weight excluding hydrogens is 229 g/mol. The fraction of sp³-hybridized carbons (Fsp3) is 0.250. The number of nitrogens with one attached hydrogen (secondary N) is 1. The summed E-state index contributed by atoms with van der Waals surface area (Å²) in [7, 11) is -3.61. The number of rotatable bonds is 2. The number of nitrogens with two attached hydrogens (primary N) is 1. The largest absolute Gasteiger partial charge is 0.393 e. The summed E-state index contributed by atoms with van der Waals surface area (Å²) >= 11 is 0. The lowest BCUT2D eigenvalue weighted by atomic mass is 10.1. The number of alkyl halides is 3. The minimum absolute atomic E-state index is 0.215. The van der Waals surface area contributed by atoms with E-state index in [4.69, 9.17) is 9.92 Å². The molecule has 0 saturated heterocycles. The van der Waals surface area contributed by atoms with E-state index in [1.54, 1.807) is 0 Å². The van der Waals surface area contributed by atoms with Crippen molar-refractivity contribution in [1.82, 2.24) is 0 Å². The van der Waals surface area contributed by atoms with Crippen LogP contribution in [-0.2, 0) is 16.3 Å². The number of halogens is 3. The van der Waals surface area contributed by atoms with Gasteiger partial charge in [-0.15, -0.1) is 0 Å². The third kappa shape index (κ3) is 3.52. The summed E-state index contributed by atoms with van der Waals surface area (Å²) in [5, 5.41) is 5.00. The van der Waals surface area contributed by atoms with Gasteiger partial charge in [0.25, 0.3) is 0 Å². The quantitative estimate of drug-likeness (QED) is 0.813. The minimum atomic E-state index is -4.40. The summed E-state index contributed by atoms with van der Waals surface area (Å²) in [6.07, 6.45) is -5.63. The van der Waals surface area contributed by atoms with Crippen molar-refractivity contribution in [2.75, 3.05) is 0 Å². The Morgan fingerprint density at radius 1 is 1.33 bits per heavy atom. The van der Waals surface area contributed by atoms with E-state index < -0.39 is 22.5 Å². The van der Waals surface area contributed by atoms with Crippen LogP contribution < -0.4 is 5.14 Å². The van der Waals surface area contributed by atoms with Crippen molar-refractivity contribution in [3.8, 4) is 0 Å². The molecule has 0 radical (unpaired) electrons. The standard InChI is InChI=1S/C8H9F3N2OS/c9-8(10,11)5-6-3-1-2-4-7(6)15(12,13)14/h1-4H,5H2,(H3,12,13,14). The van der Waals surface area contributed by atoms with Gasteiger partial charge in [0.2, 0.25) is 0 Å². The van der Waals surface area contributed by atoms with E-state index in [0.717, 1.165) is 0 Å². The molecule has 0 spiro atoms. The van der Waals surface area contributed by atoms with E-state index in [0.29, 0.717) is 0 Å². The van der Waals surface area contributed by atoms with Gasteiger partial charge in [0, 0.05) is 0 Å². The van der Waals surface area contributed by atoms with Crippen molar-refractivity contribution in [3.63, 3.8) is 0 Å². The highest BCUT2D eigenvalue weighted by Gasteiger charge is 2.29. The molecule has 0 fully saturated rings. The van der Waals surface area contributed by atoms with Crippen molar-refractivity contribution in [2.24, 2.45) is 5.14 Å². The van der Waals surface area contributed by atoms with Crippen LogP contribution >= 0.6 is 0 Å². The first kappa shape index (κ1) is 12.0. The second-order valence-electron chi connectivity index (χ2n) is 3.00. The van der Waals surface area contributed by atoms with Crippen molar-refractivity contribution in [1.29, 1.82) is 4.78 Å². The molecule has 3 nitrogen and oxygen atoms in total. The second-order valence-corrected chi connectivity index (χ2v) is 4.64. The summed E-state index contributed by atoms with van der Waals surface area (Å²) in [6.45, 7) is 0. The zero-order valence-corrected chi connectivity index (χ0v) is 8.36. The number of hydrogen-bond donors (Lipinski definition) is 2. The Balaban J connectivity index is 3.20. The van der Waals surface area contributed by atoms with Gasteiger partial charge in [-0.1, -0.05) is 18.2 Å². The van der Waals surface area contributed by atoms with Crippen LogP contribution in [0, 0.1) is 4.78 Å². The molecule has 1 aromatic carbocycles. The molecule has 0 aliphatic heterocycles. The Morgan fingerprint density at radius 3 is 2.33 bits per heavy atom. The SMILES string of the molecule is N=S(N)(=O)c1ccccc1CC(F)(F)F. The van der Waals surface area contributed by atoms with Gasteiger partial charge in [-0.3, -0.25) is 0 Å². The predicted octanol–water partition coefficient (Wildman–Crippen LogP) is 2.07. The Bertz CT molecular complexity index is 453. The molecule has 3 N–H and O–H groups in total. The highest BCUT2D eigenvalue weighted by Crippen LogP contribution is 2.25. The zero-order chi connectivity index (χ0) is 11.7. The smallest absolute Gasteiger partial charge is 0.241 e. The molecule has 0 aliphatic rings. The van der Waals surface area contributed by atoms with Gasteiger partial charge in [0.05, 0.1) is 11.3 Å². The maximum atomic E-state index is 12.1. The molecule has 0 aromatic heterocycles. The molecule has 0 bridgehead atoms. The molecule has 1 rings (SSSR count). The first-order chi connectivity index (χ1) is 6.70. The molecule has 0 amide bonds. The van der Waals surface area contributed by atoms with Crippen LogP contribution in [0.3, 0.4) is 0 Å². The second kappa shape index (κ2) is 3.82. The molecular formula is C8H9F3N2OS. The van der Waals surface area contributed by atoms with Crippen LogP contribution in [0.15, 0.2) is 29.2 Å². The topological polar surface area (TPSA) is 66.9 Å². The van der Waals surface area contributed by atoms with Crippen LogP contribution in [0.1, 0.15) is 5.56 Å². The van der Waals surface area contributed by atoms with Crippen molar-refractivity contribution in [3.05, 3.63) is 29.8 Å². The lowest BCUT2D eigenvalue weighted by Gasteiger charge is -2.11. The normalized spacial score (nSPS) is 16.0. The molecule has 1 aromatic rings. The molecule has 84 valence electrons. The van der Waals surface area contributed by atoms with Crippen LogP contribution in [0.2, 0.25) is 0 Å². The minimum Gasteiger partial charge on any atom is -0.241 e. The highest BCUT2D eigenvalue weighted by atomic mass is 32.2. The van der Waals surface area contributed by atoms with Gasteiger partial charge in [-0.2, -0.15) is 13.2 Å². The summed E-state index contributed by atoms with van der Waals surface area (Å²) < 4.78 is 54.6. The first-order valence-electron chi connectivity index (χ1n) is 3.91. The number of benzene rings is 1. The molecule has 1 atom stereocenters. The van der Waals surface area contributed by atoms with Crippen LogP contribution in [0.5, 0.6) is 0 Å². The molecule has 15 heavy (non-hydrogen) atoms. The van der Waals surface area contributed by atoms with E-state index in [2.05, 4.69) is 0 Å². The van der Waals surface area contributed by atoms with Crippen molar-refractivity contribution in [2.45, 2.75) is 17.5 Å². The highest BCUT2D eigenvalue weighted by molar-refractivity contribution is 7.90. The molecule has 0 aliphatic carbocycles. The Labute approximate surface area is 85.2 Å². The summed E-state index contributed by atoms with van der Waals surface area (Å²) in [5.41, 5.74) is -0.215. The van der Waals surface area contributed by atoms with Crippen LogP contribution in [0.25, 0.3) is 0 Å². The van der Waals surface area contributed by atoms with Crippen molar-refractivity contribution >= 4 is 9.92 Å². The summed E-state index contributed by atoms with van der Waals surface area (Å²) in [6, 6.07) is 5.13. The van der Waals surface area contributed by atoms with Crippen LogP contribution in [0.4, 0.5) is 13.2 Å². The average Bonchev–Trinajstić information content (AvgIpc) is 1.99. The summed E-state index contributed by atoms with van der Waals surface area (Å²) in [5.74, 6) is 0. The Kier molecular flexibility index (Phi) is 3.05. The van der Waals surface area contributed by atoms with Gasteiger partial charge < -0.3 is 0 Å². The van der Waals surface area contributed by atoms with E-state index in [1.807, 2.05) is 0 Å². The van der Waals surface area contributed by atoms with E-state index >= 15 is 0 Å². The van der Waals surface area contributed by atoms with E-state index in [9.17, 15) is 17.4 Å². The molecule has 0 heterocycles. The number of hydrogen-bond acceptors (Lipinski definition) is 2. The maximum Gasteiger partial charge on any atom is 0.393 e. The molecule has 1 unspecified atom stereocenters. The van der Waals surface area contributed by atoms with Gasteiger partial charge in [-0.05, 0) is 11.6 Å². The summed E-state index contributed by atoms with van der Waals surface area (Å²) in [4.78, 5) is -0.262. The van der Waals surface area contributed by atoms with E-state index in [-0.39, 0.29) is 10.5 Å². The van der Waals surface area contributed by atoms with Gasteiger partial charge >= 0.3 is 6.18 Å². The predicted molar refractivity (Wildman–Crippen MR) is 49.5 cm³/mol. The third-order valence-corrected chi connectivity index (χ3v) is 2.74. The van der Waals surface area contributed by atoms with Crippen LogP contribution in [-0.4, -0.2) is 10.4 Å². The van der Waals surface area contributed by atoms with Gasteiger partial charge in [0.15, 0.2) is 0 Å². The van der Waals surface area contributed by atoms with Gasteiger partial charge in [-0.25, -0.2) is 14.1 Å². The molecule has 0 saturated carbocycles. The average molecular weight is 238 g/mol. The monoisotopic (exact) mass is 238 g/mol. The first-order valence-corrected chi connectivity index (χ1v) is 5.53. The zero-order valence-electron chi connectivity index (χ0n) is 7.54.